The third-order valence-electron chi connectivity index (χ3n) is 4.49. The molecule has 0 rings (SSSR count). The molecule has 0 atom stereocenters. The number of hydrogen-bond acceptors (Lipinski definition) is 2. The zero-order valence-corrected chi connectivity index (χ0v) is 16.7. The van der Waals surface area contributed by atoms with Gasteiger partial charge in [0.1, 0.15) is 0 Å². The Morgan fingerprint density at radius 3 is 1.41 bits per heavy atom. The highest BCUT2D eigenvalue weighted by atomic mass is 28.4. The van der Waals surface area contributed by atoms with Gasteiger partial charge in [0.15, 0.2) is 0 Å². The molecule has 0 aliphatic heterocycles. The molecule has 0 aliphatic carbocycles. The minimum absolute atomic E-state index is 0.0821. The van der Waals surface area contributed by atoms with Crippen molar-refractivity contribution < 1.29 is 9.22 Å². The monoisotopic (exact) mass is 328 g/mol. The highest BCUT2D eigenvalue weighted by molar-refractivity contribution is 6.75. The third-order valence-corrected chi connectivity index (χ3v) is 8.95. The van der Waals surface area contributed by atoms with Crippen molar-refractivity contribution in [2.24, 2.45) is 0 Å². The third kappa shape index (κ3) is 10.4. The predicted octanol–water partition coefficient (Wildman–Crippen LogP) is 6.85. The van der Waals surface area contributed by atoms with Crippen LogP contribution in [0.25, 0.3) is 0 Å². The van der Waals surface area contributed by atoms with E-state index < -0.39 is 8.32 Å². The Labute approximate surface area is 140 Å². The lowest BCUT2D eigenvalue weighted by Crippen LogP contribution is -2.40. The van der Waals surface area contributed by atoms with Crippen LogP contribution < -0.4 is 0 Å². The molecule has 0 aromatic carbocycles. The molecular formula is C19H40O2Si. The molecule has 0 saturated heterocycles. The summed E-state index contributed by atoms with van der Waals surface area (Å²) in [6, 6.07) is 3.59. The van der Waals surface area contributed by atoms with Crippen molar-refractivity contribution in [1.29, 1.82) is 0 Å². The molecule has 0 aromatic rings. The Hall–Kier alpha value is -0.313. The van der Waals surface area contributed by atoms with E-state index >= 15 is 0 Å². The normalized spacial score (nSPS) is 11.6. The van der Waals surface area contributed by atoms with Crippen LogP contribution in [-0.2, 0) is 9.22 Å². The van der Waals surface area contributed by atoms with Crippen LogP contribution in [0.5, 0.6) is 0 Å². The Bertz CT molecular complexity index is 240. The van der Waals surface area contributed by atoms with Crippen molar-refractivity contribution in [3.8, 4) is 0 Å². The maximum Gasteiger partial charge on any atom is 0.292 e. The van der Waals surface area contributed by atoms with Crippen LogP contribution in [0, 0.1) is 0 Å². The van der Waals surface area contributed by atoms with E-state index in [4.69, 9.17) is 4.43 Å². The van der Waals surface area contributed by atoms with Gasteiger partial charge in [-0.25, -0.2) is 0 Å². The van der Waals surface area contributed by atoms with E-state index in [2.05, 4.69) is 27.7 Å². The Morgan fingerprint density at radius 2 is 1.09 bits per heavy atom. The van der Waals surface area contributed by atoms with Crippen molar-refractivity contribution in [2.75, 3.05) is 0 Å². The highest BCUT2D eigenvalue weighted by Crippen LogP contribution is 2.31. The van der Waals surface area contributed by atoms with E-state index in [1.807, 2.05) is 0 Å². The molecule has 0 aromatic heterocycles. The lowest BCUT2D eigenvalue weighted by molar-refractivity contribution is -0.135. The second-order valence-corrected chi connectivity index (χ2v) is 10.8. The molecule has 22 heavy (non-hydrogen) atoms. The first kappa shape index (κ1) is 21.7. The summed E-state index contributed by atoms with van der Waals surface area (Å²) >= 11 is 0. The first-order valence-electron chi connectivity index (χ1n) is 9.86. The van der Waals surface area contributed by atoms with Crippen LogP contribution in [0.3, 0.4) is 0 Å². The molecular weight excluding hydrogens is 288 g/mol. The molecule has 0 saturated carbocycles. The summed E-state index contributed by atoms with van der Waals surface area (Å²) in [7, 11) is -1.86. The van der Waals surface area contributed by atoms with Crippen molar-refractivity contribution in [1.82, 2.24) is 0 Å². The van der Waals surface area contributed by atoms with Crippen molar-refractivity contribution >= 4 is 14.3 Å². The minimum Gasteiger partial charge on any atom is -0.519 e. The Kier molecular flexibility index (Phi) is 14.1. The molecule has 0 radical (unpaired) electrons. The summed E-state index contributed by atoms with van der Waals surface area (Å²) in [5, 5.41) is 0. The van der Waals surface area contributed by atoms with Gasteiger partial charge < -0.3 is 4.43 Å². The van der Waals surface area contributed by atoms with Crippen LogP contribution >= 0.6 is 0 Å². The molecule has 0 amide bonds. The molecule has 132 valence electrons. The quantitative estimate of drug-likeness (QED) is 0.243. The molecule has 0 heterocycles. The van der Waals surface area contributed by atoms with E-state index in [0.29, 0.717) is 6.42 Å². The van der Waals surface area contributed by atoms with Gasteiger partial charge in [-0.05, 0) is 24.6 Å². The molecule has 0 aliphatic rings. The predicted molar refractivity (Wildman–Crippen MR) is 99.8 cm³/mol. The lowest BCUT2D eigenvalue weighted by Gasteiger charge is -2.31. The summed E-state index contributed by atoms with van der Waals surface area (Å²) in [6.45, 7) is 8.82. The van der Waals surface area contributed by atoms with Gasteiger partial charge in [-0.15, -0.1) is 0 Å². The van der Waals surface area contributed by atoms with Gasteiger partial charge in [0, 0.05) is 6.42 Å². The van der Waals surface area contributed by atoms with E-state index in [0.717, 1.165) is 6.42 Å². The molecule has 0 bridgehead atoms. The largest absolute Gasteiger partial charge is 0.519 e. The zero-order valence-electron chi connectivity index (χ0n) is 15.7. The zero-order chi connectivity index (χ0) is 16.7. The topological polar surface area (TPSA) is 26.3 Å². The van der Waals surface area contributed by atoms with Gasteiger partial charge in [0.2, 0.25) is 0 Å². The van der Waals surface area contributed by atoms with E-state index in [1.54, 1.807) is 0 Å². The van der Waals surface area contributed by atoms with Gasteiger partial charge in [0.05, 0.1) is 0 Å². The maximum absolute atomic E-state index is 12.2. The summed E-state index contributed by atoms with van der Waals surface area (Å²) in [5.41, 5.74) is 0. The molecule has 2 nitrogen and oxygen atoms in total. The fraction of sp³-hybridized carbons (Fsp3) is 0.947. The fourth-order valence-electron chi connectivity index (χ4n) is 3.12. The van der Waals surface area contributed by atoms with Crippen LogP contribution in [0.15, 0.2) is 0 Å². The minimum atomic E-state index is -1.86. The summed E-state index contributed by atoms with van der Waals surface area (Å²) in [4.78, 5) is 12.2. The van der Waals surface area contributed by atoms with Crippen molar-refractivity contribution in [3.05, 3.63) is 0 Å². The van der Waals surface area contributed by atoms with E-state index in [9.17, 15) is 4.79 Å². The number of hydrogen-bond donors (Lipinski definition) is 0. The summed E-state index contributed by atoms with van der Waals surface area (Å²) < 4.78 is 6.22. The Balaban J connectivity index is 4.79. The number of rotatable bonds is 15. The average Bonchev–Trinajstić information content (AvgIpc) is 2.48. The fourth-order valence-corrected chi connectivity index (χ4v) is 7.44. The van der Waals surface area contributed by atoms with Gasteiger partial charge in [-0.3, -0.25) is 4.79 Å². The molecule has 3 heteroatoms. The summed E-state index contributed by atoms with van der Waals surface area (Å²) in [6.07, 6.45) is 12.8. The molecule has 0 fully saturated rings. The number of carbonyl (C=O) groups is 1. The van der Waals surface area contributed by atoms with Gasteiger partial charge >= 0.3 is 0 Å². The van der Waals surface area contributed by atoms with E-state index in [-0.39, 0.29) is 5.97 Å². The molecule has 0 unspecified atom stereocenters. The van der Waals surface area contributed by atoms with Crippen molar-refractivity contribution in [3.63, 3.8) is 0 Å². The van der Waals surface area contributed by atoms with Crippen LogP contribution in [0.1, 0.15) is 98.3 Å². The first-order valence-corrected chi connectivity index (χ1v) is 12.4. The Morgan fingerprint density at radius 1 is 0.682 bits per heavy atom. The second kappa shape index (κ2) is 14.3. The number of carbonyl (C=O) groups excluding carboxylic acids is 1. The maximum atomic E-state index is 12.2. The second-order valence-electron chi connectivity index (χ2n) is 6.78. The summed E-state index contributed by atoms with van der Waals surface area (Å²) in [5.74, 6) is 0.0821. The standard InChI is InChI=1S/C19H40O2Si/c1-5-9-12-16-22(17-13-10-6-2,18-14-11-7-3)21-19(20)15-8-4/h5-18H2,1-4H3. The average molecular weight is 329 g/mol. The van der Waals surface area contributed by atoms with Crippen LogP contribution in [0.4, 0.5) is 0 Å². The van der Waals surface area contributed by atoms with Gasteiger partial charge in [-0.1, -0.05) is 85.5 Å². The smallest absolute Gasteiger partial charge is 0.292 e. The number of unbranched alkanes of at least 4 members (excludes halogenated alkanes) is 6. The van der Waals surface area contributed by atoms with Gasteiger partial charge in [0.25, 0.3) is 14.3 Å². The lowest BCUT2D eigenvalue weighted by atomic mass is 10.3. The van der Waals surface area contributed by atoms with E-state index in [1.165, 1.54) is 75.9 Å². The molecule has 0 spiro atoms. The highest BCUT2D eigenvalue weighted by Gasteiger charge is 2.36. The van der Waals surface area contributed by atoms with Gasteiger partial charge in [-0.2, -0.15) is 0 Å². The SMILES string of the molecule is CCCCC[Si](CCCCC)(CCCCC)OC(=O)CCC. The van der Waals surface area contributed by atoms with Crippen LogP contribution in [0.2, 0.25) is 18.1 Å². The first-order chi connectivity index (χ1) is 10.6. The van der Waals surface area contributed by atoms with Crippen molar-refractivity contribution in [2.45, 2.75) is 116 Å². The van der Waals surface area contributed by atoms with Crippen LogP contribution in [-0.4, -0.2) is 14.3 Å². The molecule has 0 N–H and O–H groups in total.